The van der Waals surface area contributed by atoms with Gasteiger partial charge in [0.15, 0.2) is 0 Å². The van der Waals surface area contributed by atoms with Crippen molar-refractivity contribution < 1.29 is 32.9 Å². The van der Waals surface area contributed by atoms with E-state index in [9.17, 15) is 23.4 Å². The smallest absolute Gasteiger partial charge is 0.303 e. The standard InChI is InChI=1S/C31H34O7S2/c1-19-13-23(37-11-4-12-40(2,35)36)14-20(17-32)31(19)27-6-3-5-26-25(27)9-10-28(26)38-22-7-8-24-21(15-30(33)34)18-39-29(24)16-22/h3,5-8,13-14,16,21,28,32H,4,9-12,15,17-18H2,1-2H3,(H,33,34). The lowest BCUT2D eigenvalue weighted by Gasteiger charge is -2.19. The van der Waals surface area contributed by atoms with Crippen molar-refractivity contribution in [1.82, 2.24) is 0 Å². The molecule has 1 heterocycles. The number of benzene rings is 3. The number of thioether (sulfide) groups is 1. The van der Waals surface area contributed by atoms with Gasteiger partial charge >= 0.3 is 5.97 Å². The van der Waals surface area contributed by atoms with Gasteiger partial charge in [-0.05, 0) is 89.4 Å². The molecule has 0 fully saturated rings. The van der Waals surface area contributed by atoms with Crippen molar-refractivity contribution in [2.75, 3.05) is 24.4 Å². The molecule has 2 atom stereocenters. The van der Waals surface area contributed by atoms with E-state index in [2.05, 4.69) is 12.1 Å². The molecule has 9 heteroatoms. The summed E-state index contributed by atoms with van der Waals surface area (Å²) in [7, 11) is -3.03. The number of carbonyl (C=O) groups is 1. The van der Waals surface area contributed by atoms with Crippen LogP contribution >= 0.6 is 11.8 Å². The van der Waals surface area contributed by atoms with Crippen molar-refractivity contribution >= 4 is 27.6 Å². The normalized spacial score (nSPS) is 17.9. The van der Waals surface area contributed by atoms with E-state index in [1.807, 2.05) is 43.3 Å². The average Bonchev–Trinajstić information content (AvgIpc) is 3.49. The fourth-order valence-corrected chi connectivity index (χ4v) is 7.70. The van der Waals surface area contributed by atoms with Crippen LogP contribution < -0.4 is 9.47 Å². The molecule has 3 aromatic rings. The molecule has 0 radical (unpaired) electrons. The van der Waals surface area contributed by atoms with Gasteiger partial charge in [-0.15, -0.1) is 11.8 Å². The van der Waals surface area contributed by atoms with E-state index in [4.69, 9.17) is 9.47 Å². The number of rotatable bonds is 11. The van der Waals surface area contributed by atoms with Crippen LogP contribution in [0.3, 0.4) is 0 Å². The van der Waals surface area contributed by atoms with Crippen LogP contribution in [-0.4, -0.2) is 49.0 Å². The third kappa shape index (κ3) is 6.32. The maximum absolute atomic E-state index is 11.4. The van der Waals surface area contributed by atoms with E-state index in [0.717, 1.165) is 62.6 Å². The number of fused-ring (bicyclic) bond motifs is 2. The van der Waals surface area contributed by atoms with E-state index in [-0.39, 0.29) is 37.4 Å². The largest absolute Gasteiger partial charge is 0.494 e. The van der Waals surface area contributed by atoms with Crippen molar-refractivity contribution in [3.63, 3.8) is 0 Å². The number of aliphatic hydroxyl groups is 1. The van der Waals surface area contributed by atoms with Gasteiger partial charge in [-0.25, -0.2) is 8.42 Å². The summed E-state index contributed by atoms with van der Waals surface area (Å²) in [4.78, 5) is 12.3. The Kier molecular flexibility index (Phi) is 8.44. The van der Waals surface area contributed by atoms with Crippen LogP contribution in [0.2, 0.25) is 0 Å². The molecule has 212 valence electrons. The fraction of sp³-hybridized carbons (Fsp3) is 0.387. The highest BCUT2D eigenvalue weighted by atomic mass is 32.2. The Labute approximate surface area is 239 Å². The molecule has 1 aliphatic heterocycles. The van der Waals surface area contributed by atoms with Gasteiger partial charge in [0.2, 0.25) is 0 Å². The Hall–Kier alpha value is -3.01. The maximum Gasteiger partial charge on any atom is 0.303 e. The number of carboxylic acid groups (broad SMARTS) is 1. The minimum atomic E-state index is -3.03. The zero-order chi connectivity index (χ0) is 28.4. The van der Waals surface area contributed by atoms with Crippen LogP contribution in [0.15, 0.2) is 53.4 Å². The monoisotopic (exact) mass is 582 g/mol. The third-order valence-corrected chi connectivity index (χ3v) is 9.80. The van der Waals surface area contributed by atoms with Gasteiger partial charge in [0.1, 0.15) is 27.4 Å². The van der Waals surface area contributed by atoms with Gasteiger partial charge in [0.25, 0.3) is 0 Å². The van der Waals surface area contributed by atoms with Crippen molar-refractivity contribution in [2.24, 2.45) is 0 Å². The second kappa shape index (κ2) is 11.8. The SMILES string of the molecule is Cc1cc(OCCCS(C)(=O)=O)cc(CO)c1-c1cccc2c1CCC2Oc1ccc2c(c1)SCC2CC(=O)O. The highest BCUT2D eigenvalue weighted by molar-refractivity contribution is 7.99. The van der Waals surface area contributed by atoms with Crippen LogP contribution in [0.4, 0.5) is 0 Å². The van der Waals surface area contributed by atoms with Gasteiger partial charge in [0.05, 0.1) is 25.4 Å². The van der Waals surface area contributed by atoms with Gasteiger partial charge in [0, 0.05) is 22.8 Å². The Morgan fingerprint density at radius 1 is 1.10 bits per heavy atom. The summed E-state index contributed by atoms with van der Waals surface area (Å²) in [5, 5.41) is 19.5. The number of carboxylic acids is 1. The number of hydrogen-bond acceptors (Lipinski definition) is 7. The molecule has 2 N–H and O–H groups in total. The number of hydrogen-bond donors (Lipinski definition) is 2. The van der Waals surface area contributed by atoms with Crippen molar-refractivity contribution in [3.8, 4) is 22.6 Å². The van der Waals surface area contributed by atoms with Crippen LogP contribution in [0, 0.1) is 6.92 Å². The molecule has 2 aliphatic rings. The van der Waals surface area contributed by atoms with Crippen LogP contribution in [0.1, 0.15) is 59.1 Å². The minimum absolute atomic E-state index is 0.0366. The summed E-state index contributed by atoms with van der Waals surface area (Å²) in [6.07, 6.45) is 3.37. The summed E-state index contributed by atoms with van der Waals surface area (Å²) in [6.45, 7) is 2.15. The summed E-state index contributed by atoms with van der Waals surface area (Å²) < 4.78 is 35.1. The lowest BCUT2D eigenvalue weighted by Crippen LogP contribution is -2.08. The van der Waals surface area contributed by atoms with E-state index >= 15 is 0 Å². The molecule has 0 spiro atoms. The first-order chi connectivity index (χ1) is 19.1. The summed E-state index contributed by atoms with van der Waals surface area (Å²) in [5.41, 5.74) is 7.25. The molecule has 0 bridgehead atoms. The lowest BCUT2D eigenvalue weighted by atomic mass is 9.90. The van der Waals surface area contributed by atoms with E-state index in [0.29, 0.717) is 12.2 Å². The Bertz CT molecular complexity index is 1530. The quantitative estimate of drug-likeness (QED) is 0.277. The minimum Gasteiger partial charge on any atom is -0.494 e. The van der Waals surface area contributed by atoms with Gasteiger partial charge in [-0.3, -0.25) is 4.79 Å². The van der Waals surface area contributed by atoms with Gasteiger partial charge < -0.3 is 19.7 Å². The van der Waals surface area contributed by atoms with Gasteiger partial charge in [-0.2, -0.15) is 0 Å². The maximum atomic E-state index is 11.4. The highest BCUT2D eigenvalue weighted by Gasteiger charge is 2.29. The average molecular weight is 583 g/mol. The number of aliphatic hydroxyl groups excluding tert-OH is 1. The number of aryl methyl sites for hydroxylation is 1. The number of sulfone groups is 1. The first-order valence-electron chi connectivity index (χ1n) is 13.4. The lowest BCUT2D eigenvalue weighted by molar-refractivity contribution is -0.137. The fourth-order valence-electron chi connectivity index (χ4n) is 5.78. The zero-order valence-electron chi connectivity index (χ0n) is 22.7. The highest BCUT2D eigenvalue weighted by Crippen LogP contribution is 2.46. The third-order valence-electron chi connectivity index (χ3n) is 7.54. The summed E-state index contributed by atoms with van der Waals surface area (Å²) in [6, 6.07) is 16.0. The van der Waals surface area contributed by atoms with Crippen molar-refractivity contribution in [1.29, 1.82) is 0 Å². The zero-order valence-corrected chi connectivity index (χ0v) is 24.3. The second-order valence-electron chi connectivity index (χ2n) is 10.6. The number of aliphatic carboxylic acids is 1. The van der Waals surface area contributed by atoms with Crippen LogP contribution in [0.25, 0.3) is 11.1 Å². The van der Waals surface area contributed by atoms with E-state index in [1.54, 1.807) is 11.8 Å². The van der Waals surface area contributed by atoms with E-state index in [1.165, 1.54) is 11.8 Å². The van der Waals surface area contributed by atoms with E-state index < -0.39 is 15.8 Å². The predicted octanol–water partition coefficient (Wildman–Crippen LogP) is 5.70. The van der Waals surface area contributed by atoms with Gasteiger partial charge in [-0.1, -0.05) is 24.3 Å². The van der Waals surface area contributed by atoms with Crippen LogP contribution in [-0.2, 0) is 27.7 Å². The molecule has 0 amide bonds. The molecular weight excluding hydrogens is 548 g/mol. The van der Waals surface area contributed by atoms with Crippen molar-refractivity contribution in [3.05, 3.63) is 76.3 Å². The molecule has 0 saturated heterocycles. The first kappa shape index (κ1) is 28.5. The Morgan fingerprint density at radius 3 is 2.67 bits per heavy atom. The number of ether oxygens (including phenoxy) is 2. The molecule has 0 aromatic heterocycles. The van der Waals surface area contributed by atoms with Crippen LogP contribution in [0.5, 0.6) is 11.5 Å². The first-order valence-corrected chi connectivity index (χ1v) is 16.5. The summed E-state index contributed by atoms with van der Waals surface area (Å²) >= 11 is 1.69. The molecule has 0 saturated carbocycles. The predicted molar refractivity (Wildman–Crippen MR) is 156 cm³/mol. The molecule has 2 unspecified atom stereocenters. The molecular formula is C31H34O7S2. The summed E-state index contributed by atoms with van der Waals surface area (Å²) in [5.74, 6) is 1.52. The second-order valence-corrected chi connectivity index (χ2v) is 13.9. The molecule has 7 nitrogen and oxygen atoms in total. The Balaban J connectivity index is 1.35. The van der Waals surface area contributed by atoms with Crippen molar-refractivity contribution in [2.45, 2.75) is 56.1 Å². The molecule has 40 heavy (non-hydrogen) atoms. The Morgan fingerprint density at radius 2 is 1.93 bits per heavy atom. The molecule has 3 aromatic carbocycles. The molecule has 5 rings (SSSR count). The topological polar surface area (TPSA) is 110 Å². The molecule has 1 aliphatic carbocycles.